The molecule has 4 nitrogen and oxygen atoms in total. The number of rotatable bonds is 4. The number of nitrogens with one attached hydrogen (secondary N) is 1. The molecular formula is C15H23N3O. The fraction of sp³-hybridized carbons (Fsp3) is 0.600. The Labute approximate surface area is 115 Å². The summed E-state index contributed by atoms with van der Waals surface area (Å²) in [4.78, 5) is 18.3. The minimum absolute atomic E-state index is 0.255. The average molecular weight is 261 g/mol. The topological polar surface area (TPSA) is 45.2 Å². The minimum Gasteiger partial charge on any atom is -0.341 e. The molecule has 2 rings (SSSR count). The maximum atomic E-state index is 12.3. The molecule has 104 valence electrons. The maximum Gasteiger partial charge on any atom is 0.223 e. The molecular weight excluding hydrogens is 238 g/mol. The predicted octanol–water partition coefficient (Wildman–Crippen LogP) is 1.79. The van der Waals surface area contributed by atoms with Crippen LogP contribution in [0.15, 0.2) is 24.5 Å². The van der Waals surface area contributed by atoms with Gasteiger partial charge in [-0.2, -0.15) is 0 Å². The number of carbonyl (C=O) groups excluding carboxylic acids is 1. The highest BCUT2D eigenvalue weighted by Gasteiger charge is 2.23. The van der Waals surface area contributed by atoms with Crippen LogP contribution in [0.5, 0.6) is 0 Å². The van der Waals surface area contributed by atoms with Crippen molar-refractivity contribution in [2.75, 3.05) is 20.1 Å². The smallest absolute Gasteiger partial charge is 0.223 e. The Hall–Kier alpha value is -1.42. The van der Waals surface area contributed by atoms with E-state index in [-0.39, 0.29) is 11.8 Å². The highest BCUT2D eigenvalue weighted by atomic mass is 16.2. The van der Waals surface area contributed by atoms with Crippen LogP contribution >= 0.6 is 0 Å². The number of carbonyl (C=O) groups is 1. The van der Waals surface area contributed by atoms with E-state index in [4.69, 9.17) is 0 Å². The van der Waals surface area contributed by atoms with E-state index >= 15 is 0 Å². The van der Waals surface area contributed by atoms with Crippen molar-refractivity contribution in [3.05, 3.63) is 30.1 Å². The molecule has 0 aromatic carbocycles. The third kappa shape index (κ3) is 3.77. The molecule has 0 saturated carbocycles. The molecule has 1 N–H and O–H groups in total. The predicted molar refractivity (Wildman–Crippen MR) is 75.9 cm³/mol. The zero-order valence-corrected chi connectivity index (χ0v) is 11.8. The van der Waals surface area contributed by atoms with Crippen LogP contribution in [0, 0.1) is 0 Å². The average Bonchev–Trinajstić information content (AvgIpc) is 2.48. The van der Waals surface area contributed by atoms with Crippen LogP contribution in [0.25, 0.3) is 0 Å². The van der Waals surface area contributed by atoms with Gasteiger partial charge in [0.25, 0.3) is 0 Å². The van der Waals surface area contributed by atoms with Crippen LogP contribution < -0.4 is 5.32 Å². The number of nitrogens with zero attached hydrogens (tertiary/aromatic N) is 2. The molecule has 0 bridgehead atoms. The van der Waals surface area contributed by atoms with Gasteiger partial charge in [0, 0.05) is 37.9 Å². The number of piperidine rings is 1. The minimum atomic E-state index is 0.255. The number of likely N-dealkylation sites (tertiary alicyclic amines) is 1. The summed E-state index contributed by atoms with van der Waals surface area (Å²) < 4.78 is 0. The number of hydrogen-bond donors (Lipinski definition) is 1. The largest absolute Gasteiger partial charge is 0.341 e. The second-order valence-electron chi connectivity index (χ2n) is 5.35. The summed E-state index contributed by atoms with van der Waals surface area (Å²) in [5.74, 6) is 0.523. The first-order chi connectivity index (χ1) is 9.20. The van der Waals surface area contributed by atoms with Gasteiger partial charge >= 0.3 is 0 Å². The molecule has 19 heavy (non-hydrogen) atoms. The van der Waals surface area contributed by atoms with Crippen molar-refractivity contribution in [3.63, 3.8) is 0 Å². The van der Waals surface area contributed by atoms with Crippen molar-refractivity contribution in [1.82, 2.24) is 15.2 Å². The zero-order chi connectivity index (χ0) is 13.7. The molecule has 0 spiro atoms. The Morgan fingerprint density at radius 1 is 1.53 bits per heavy atom. The third-order valence-electron chi connectivity index (χ3n) is 3.94. The van der Waals surface area contributed by atoms with Gasteiger partial charge in [0.05, 0.1) is 0 Å². The van der Waals surface area contributed by atoms with Crippen molar-refractivity contribution < 1.29 is 4.79 Å². The van der Waals surface area contributed by atoms with Gasteiger partial charge in [-0.1, -0.05) is 6.92 Å². The van der Waals surface area contributed by atoms with Crippen LogP contribution in [-0.4, -0.2) is 42.0 Å². The van der Waals surface area contributed by atoms with E-state index in [2.05, 4.69) is 17.2 Å². The maximum absolute atomic E-state index is 12.3. The summed E-state index contributed by atoms with van der Waals surface area (Å²) in [5.41, 5.74) is 1.19. The summed E-state index contributed by atoms with van der Waals surface area (Å²) >= 11 is 0. The first-order valence-electron chi connectivity index (χ1n) is 7.05. The molecule has 1 aliphatic rings. The van der Waals surface area contributed by atoms with E-state index < -0.39 is 0 Å². The van der Waals surface area contributed by atoms with E-state index in [0.29, 0.717) is 12.5 Å². The quantitative estimate of drug-likeness (QED) is 0.898. The van der Waals surface area contributed by atoms with Gasteiger partial charge in [0.2, 0.25) is 5.91 Å². The number of amides is 1. The second kappa shape index (κ2) is 6.66. The lowest BCUT2D eigenvalue weighted by Crippen LogP contribution is -2.47. The summed E-state index contributed by atoms with van der Waals surface area (Å²) in [6.07, 6.45) is 6.42. The Bertz CT molecular complexity index is 407. The first kappa shape index (κ1) is 14.0. The van der Waals surface area contributed by atoms with Gasteiger partial charge in [-0.3, -0.25) is 9.78 Å². The van der Waals surface area contributed by atoms with E-state index in [9.17, 15) is 4.79 Å². The Balaban J connectivity index is 1.90. The fourth-order valence-corrected chi connectivity index (χ4v) is 2.64. The number of pyridine rings is 1. The molecule has 1 aromatic heterocycles. The highest BCUT2D eigenvalue weighted by molar-refractivity contribution is 5.77. The number of hydrogen-bond acceptors (Lipinski definition) is 3. The van der Waals surface area contributed by atoms with Gasteiger partial charge < -0.3 is 10.2 Å². The molecule has 0 radical (unpaired) electrons. The van der Waals surface area contributed by atoms with E-state index in [1.165, 1.54) is 12.0 Å². The van der Waals surface area contributed by atoms with E-state index in [0.717, 1.165) is 19.5 Å². The van der Waals surface area contributed by atoms with Crippen LogP contribution in [0.4, 0.5) is 0 Å². The Morgan fingerprint density at radius 2 is 2.26 bits per heavy atom. The van der Waals surface area contributed by atoms with Crippen molar-refractivity contribution in [3.8, 4) is 0 Å². The highest BCUT2D eigenvalue weighted by Crippen LogP contribution is 2.20. The molecule has 2 unspecified atom stereocenters. The fourth-order valence-electron chi connectivity index (χ4n) is 2.64. The van der Waals surface area contributed by atoms with Crippen LogP contribution in [0.1, 0.15) is 37.7 Å². The van der Waals surface area contributed by atoms with Crippen molar-refractivity contribution in [2.45, 2.75) is 38.1 Å². The first-order valence-corrected chi connectivity index (χ1v) is 7.05. The monoisotopic (exact) mass is 261 g/mol. The van der Waals surface area contributed by atoms with Gasteiger partial charge in [-0.05, 0) is 43.5 Å². The van der Waals surface area contributed by atoms with Gasteiger partial charge in [0.15, 0.2) is 0 Å². The number of aromatic nitrogens is 1. The van der Waals surface area contributed by atoms with Crippen molar-refractivity contribution in [2.24, 2.45) is 0 Å². The molecule has 2 atom stereocenters. The SMILES string of the molecule is CNC1CCCN(C(=O)CC(C)c2ccncc2)C1. The standard InChI is InChI=1S/C15H23N3O/c1-12(13-5-7-17-8-6-13)10-15(19)18-9-3-4-14(11-18)16-2/h5-8,12,14,16H,3-4,9-11H2,1-2H3. The van der Waals surface area contributed by atoms with Gasteiger partial charge in [0.1, 0.15) is 0 Å². The number of likely N-dealkylation sites (N-methyl/N-ethyl adjacent to an activating group) is 1. The lowest BCUT2D eigenvalue weighted by atomic mass is 9.97. The molecule has 2 heterocycles. The van der Waals surface area contributed by atoms with Crippen molar-refractivity contribution >= 4 is 5.91 Å². The van der Waals surface area contributed by atoms with Crippen LogP contribution in [0.2, 0.25) is 0 Å². The third-order valence-corrected chi connectivity index (χ3v) is 3.94. The lowest BCUT2D eigenvalue weighted by molar-refractivity contribution is -0.132. The van der Waals surface area contributed by atoms with Gasteiger partial charge in [-0.15, -0.1) is 0 Å². The normalized spacial score (nSPS) is 21.2. The van der Waals surface area contributed by atoms with Crippen molar-refractivity contribution in [1.29, 1.82) is 0 Å². The zero-order valence-electron chi connectivity index (χ0n) is 11.8. The summed E-state index contributed by atoms with van der Waals surface area (Å²) in [5, 5.41) is 3.27. The molecule has 4 heteroatoms. The molecule has 1 aromatic rings. The Kier molecular flexibility index (Phi) is 4.91. The van der Waals surface area contributed by atoms with Gasteiger partial charge in [-0.25, -0.2) is 0 Å². The van der Waals surface area contributed by atoms with Crippen LogP contribution in [-0.2, 0) is 4.79 Å². The lowest BCUT2D eigenvalue weighted by Gasteiger charge is -2.33. The summed E-state index contributed by atoms with van der Waals surface area (Å²) in [7, 11) is 1.97. The summed E-state index contributed by atoms with van der Waals surface area (Å²) in [6, 6.07) is 4.43. The molecule has 1 amide bonds. The van der Waals surface area contributed by atoms with Crippen LogP contribution in [0.3, 0.4) is 0 Å². The second-order valence-corrected chi connectivity index (χ2v) is 5.35. The van der Waals surface area contributed by atoms with E-state index in [1.807, 2.05) is 24.1 Å². The van der Waals surface area contributed by atoms with E-state index in [1.54, 1.807) is 12.4 Å². The Morgan fingerprint density at radius 3 is 2.95 bits per heavy atom. The molecule has 0 aliphatic carbocycles. The molecule has 1 fully saturated rings. The molecule has 1 saturated heterocycles. The summed E-state index contributed by atoms with van der Waals surface area (Å²) in [6.45, 7) is 3.85. The molecule has 1 aliphatic heterocycles.